The molecule has 1 atom stereocenters. The average Bonchev–Trinajstić information content (AvgIpc) is 2.24. The largest absolute Gasteiger partial charge is 0.396 e. The molecule has 84 valence electrons. The summed E-state index contributed by atoms with van der Waals surface area (Å²) in [5.74, 6) is -0.205. The Bertz CT molecular complexity index is 319. The summed E-state index contributed by atoms with van der Waals surface area (Å²) < 4.78 is 13.0. The second kappa shape index (κ2) is 6.05. The molecule has 0 radical (unpaired) electrons. The highest BCUT2D eigenvalue weighted by atomic mass is 35.5. The minimum Gasteiger partial charge on any atom is -0.396 e. The van der Waals surface area contributed by atoms with E-state index >= 15 is 0 Å². The van der Waals surface area contributed by atoms with Gasteiger partial charge in [0.05, 0.1) is 5.02 Å². The van der Waals surface area contributed by atoms with E-state index in [1.54, 1.807) is 12.1 Å². The number of nitrogens with one attached hydrogen (secondary N) is 1. The lowest BCUT2D eigenvalue weighted by Gasteiger charge is -2.10. The van der Waals surface area contributed by atoms with Gasteiger partial charge in [0, 0.05) is 19.7 Å². The predicted molar refractivity (Wildman–Crippen MR) is 59.4 cm³/mol. The highest BCUT2D eigenvalue weighted by molar-refractivity contribution is 6.31. The molecule has 0 aliphatic rings. The van der Waals surface area contributed by atoms with Crippen molar-refractivity contribution in [2.75, 3.05) is 13.2 Å². The van der Waals surface area contributed by atoms with E-state index in [2.05, 4.69) is 5.32 Å². The zero-order valence-corrected chi connectivity index (χ0v) is 9.39. The van der Waals surface area contributed by atoms with E-state index in [-0.39, 0.29) is 17.5 Å². The van der Waals surface area contributed by atoms with Crippen molar-refractivity contribution in [1.82, 2.24) is 5.32 Å². The van der Waals surface area contributed by atoms with Crippen molar-refractivity contribution in [3.63, 3.8) is 0 Å². The van der Waals surface area contributed by atoms with E-state index in [9.17, 15) is 4.39 Å². The van der Waals surface area contributed by atoms with Crippen LogP contribution in [0, 0.1) is 11.7 Å². The molecular formula is C11H15ClFNO. The number of rotatable bonds is 5. The van der Waals surface area contributed by atoms with Gasteiger partial charge in [-0.1, -0.05) is 30.7 Å². The molecule has 2 N–H and O–H groups in total. The summed E-state index contributed by atoms with van der Waals surface area (Å²) in [5, 5.41) is 12.1. The van der Waals surface area contributed by atoms with Crippen LogP contribution in [0.5, 0.6) is 0 Å². The summed E-state index contributed by atoms with van der Waals surface area (Å²) in [6.45, 7) is 3.27. The van der Waals surface area contributed by atoms with E-state index in [0.717, 1.165) is 5.56 Å². The third kappa shape index (κ3) is 3.78. The number of aliphatic hydroxyl groups excluding tert-OH is 1. The molecule has 0 saturated carbocycles. The van der Waals surface area contributed by atoms with Crippen molar-refractivity contribution < 1.29 is 9.50 Å². The van der Waals surface area contributed by atoms with E-state index in [0.29, 0.717) is 13.1 Å². The van der Waals surface area contributed by atoms with Gasteiger partial charge in [-0.3, -0.25) is 0 Å². The Morgan fingerprint density at radius 2 is 2.27 bits per heavy atom. The lowest BCUT2D eigenvalue weighted by atomic mass is 10.2. The first-order valence-corrected chi connectivity index (χ1v) is 5.27. The van der Waals surface area contributed by atoms with Crippen LogP contribution in [0.15, 0.2) is 18.2 Å². The maximum absolute atomic E-state index is 13.0. The van der Waals surface area contributed by atoms with Crippen LogP contribution in [-0.2, 0) is 6.54 Å². The Balaban J connectivity index is 2.47. The van der Waals surface area contributed by atoms with Gasteiger partial charge in [-0.25, -0.2) is 4.39 Å². The standard InChI is InChI=1S/C11H15ClFNO/c1-8(7-15)5-14-6-9-3-2-4-10(13)11(9)12/h2-4,8,14-15H,5-7H2,1H3. The van der Waals surface area contributed by atoms with Crippen molar-refractivity contribution in [1.29, 1.82) is 0 Å². The van der Waals surface area contributed by atoms with E-state index in [1.807, 2.05) is 6.92 Å². The van der Waals surface area contributed by atoms with Crippen molar-refractivity contribution in [2.24, 2.45) is 5.92 Å². The van der Waals surface area contributed by atoms with Crippen LogP contribution in [0.3, 0.4) is 0 Å². The molecule has 1 aromatic rings. The highest BCUT2D eigenvalue weighted by Gasteiger charge is 2.05. The number of benzene rings is 1. The second-order valence-electron chi connectivity index (χ2n) is 3.63. The third-order valence-electron chi connectivity index (χ3n) is 2.15. The van der Waals surface area contributed by atoms with Crippen LogP contribution in [0.4, 0.5) is 4.39 Å². The molecule has 1 unspecified atom stereocenters. The fraction of sp³-hybridized carbons (Fsp3) is 0.455. The molecule has 0 bridgehead atoms. The second-order valence-corrected chi connectivity index (χ2v) is 4.01. The Kier molecular flexibility index (Phi) is 5.02. The predicted octanol–water partition coefficient (Wildman–Crippen LogP) is 2.20. The summed E-state index contributed by atoms with van der Waals surface area (Å²) in [6.07, 6.45) is 0. The summed E-state index contributed by atoms with van der Waals surface area (Å²) in [5.41, 5.74) is 0.738. The molecular weight excluding hydrogens is 217 g/mol. The molecule has 15 heavy (non-hydrogen) atoms. The molecule has 4 heteroatoms. The normalized spacial score (nSPS) is 12.8. The molecule has 0 aliphatic heterocycles. The molecule has 1 rings (SSSR count). The molecule has 2 nitrogen and oxygen atoms in total. The summed E-state index contributed by atoms with van der Waals surface area (Å²) in [6, 6.07) is 4.75. The summed E-state index contributed by atoms with van der Waals surface area (Å²) >= 11 is 5.78. The van der Waals surface area contributed by atoms with E-state index in [1.165, 1.54) is 6.07 Å². The minimum absolute atomic E-state index is 0.143. The van der Waals surface area contributed by atoms with Gasteiger partial charge in [0.1, 0.15) is 5.82 Å². The van der Waals surface area contributed by atoms with Gasteiger partial charge in [-0.2, -0.15) is 0 Å². The lowest BCUT2D eigenvalue weighted by Crippen LogP contribution is -2.22. The van der Waals surface area contributed by atoms with Crippen LogP contribution in [0.1, 0.15) is 12.5 Å². The Morgan fingerprint density at radius 1 is 1.53 bits per heavy atom. The van der Waals surface area contributed by atoms with Crippen molar-refractivity contribution in [3.05, 3.63) is 34.6 Å². The Labute approximate surface area is 94.1 Å². The van der Waals surface area contributed by atoms with Gasteiger partial charge < -0.3 is 10.4 Å². The van der Waals surface area contributed by atoms with Crippen LogP contribution >= 0.6 is 11.6 Å². The SMILES string of the molecule is CC(CO)CNCc1cccc(F)c1Cl. The topological polar surface area (TPSA) is 32.3 Å². The van der Waals surface area contributed by atoms with Crippen LogP contribution in [0.25, 0.3) is 0 Å². The van der Waals surface area contributed by atoms with Gasteiger partial charge in [-0.05, 0) is 17.5 Å². The first kappa shape index (κ1) is 12.4. The maximum atomic E-state index is 13.0. The van der Waals surface area contributed by atoms with Gasteiger partial charge in [0.2, 0.25) is 0 Å². The number of aliphatic hydroxyl groups is 1. The molecule has 0 aromatic heterocycles. The van der Waals surface area contributed by atoms with Crippen LogP contribution in [0.2, 0.25) is 5.02 Å². The van der Waals surface area contributed by atoms with Gasteiger partial charge in [0.15, 0.2) is 0 Å². The Hall–Kier alpha value is -0.640. The summed E-state index contributed by atoms with van der Waals surface area (Å²) in [7, 11) is 0. The fourth-order valence-corrected chi connectivity index (χ4v) is 1.40. The number of halogens is 2. The van der Waals surface area contributed by atoms with Gasteiger partial charge in [-0.15, -0.1) is 0 Å². The van der Waals surface area contributed by atoms with Crippen molar-refractivity contribution in [3.8, 4) is 0 Å². The molecule has 0 amide bonds. The van der Waals surface area contributed by atoms with Crippen molar-refractivity contribution in [2.45, 2.75) is 13.5 Å². The summed E-state index contributed by atoms with van der Waals surface area (Å²) in [4.78, 5) is 0. The minimum atomic E-state index is -0.397. The monoisotopic (exact) mass is 231 g/mol. The molecule has 0 spiro atoms. The van der Waals surface area contributed by atoms with Crippen LogP contribution < -0.4 is 5.32 Å². The van der Waals surface area contributed by atoms with Crippen molar-refractivity contribution >= 4 is 11.6 Å². The first-order chi connectivity index (χ1) is 7.15. The average molecular weight is 232 g/mol. The van der Waals surface area contributed by atoms with Gasteiger partial charge in [0.25, 0.3) is 0 Å². The highest BCUT2D eigenvalue weighted by Crippen LogP contribution is 2.19. The molecule has 0 heterocycles. The molecule has 0 saturated heterocycles. The first-order valence-electron chi connectivity index (χ1n) is 4.89. The molecule has 1 aromatic carbocycles. The maximum Gasteiger partial charge on any atom is 0.142 e. The molecule has 0 aliphatic carbocycles. The van der Waals surface area contributed by atoms with E-state index < -0.39 is 5.82 Å². The molecule has 0 fully saturated rings. The lowest BCUT2D eigenvalue weighted by molar-refractivity contribution is 0.233. The zero-order chi connectivity index (χ0) is 11.3. The zero-order valence-electron chi connectivity index (χ0n) is 8.63. The fourth-order valence-electron chi connectivity index (χ4n) is 1.20. The number of hydrogen-bond donors (Lipinski definition) is 2. The number of hydrogen-bond acceptors (Lipinski definition) is 2. The quantitative estimate of drug-likeness (QED) is 0.814. The smallest absolute Gasteiger partial charge is 0.142 e. The van der Waals surface area contributed by atoms with E-state index in [4.69, 9.17) is 16.7 Å². The van der Waals surface area contributed by atoms with Gasteiger partial charge >= 0.3 is 0 Å². The third-order valence-corrected chi connectivity index (χ3v) is 2.57. The Morgan fingerprint density at radius 3 is 2.93 bits per heavy atom. The van der Waals surface area contributed by atoms with Crippen LogP contribution in [-0.4, -0.2) is 18.3 Å².